The summed E-state index contributed by atoms with van der Waals surface area (Å²) < 4.78 is 34.5. The Labute approximate surface area is 133 Å². The predicted molar refractivity (Wildman–Crippen MR) is 84.8 cm³/mol. The predicted octanol–water partition coefficient (Wildman–Crippen LogP) is 2.82. The quantitative estimate of drug-likeness (QED) is 0.731. The van der Waals surface area contributed by atoms with Gasteiger partial charge >= 0.3 is 0 Å². The fourth-order valence-electron chi connectivity index (χ4n) is 2.15. The van der Waals surface area contributed by atoms with Crippen molar-refractivity contribution >= 4 is 9.84 Å². The van der Waals surface area contributed by atoms with E-state index < -0.39 is 9.84 Å². The van der Waals surface area contributed by atoms with Crippen LogP contribution < -0.4 is 4.74 Å². The summed E-state index contributed by atoms with van der Waals surface area (Å²) in [7, 11) is -1.81. The van der Waals surface area contributed by atoms with Crippen LogP contribution in [-0.4, -0.2) is 32.0 Å². The molecular formula is C16H14N2O4S. The molecule has 0 saturated heterocycles. The Morgan fingerprint density at radius 2 is 1.61 bits per heavy atom. The molecule has 0 aliphatic heterocycles. The van der Waals surface area contributed by atoms with E-state index in [9.17, 15) is 8.42 Å². The van der Waals surface area contributed by atoms with E-state index in [1.807, 2.05) is 0 Å². The lowest BCUT2D eigenvalue weighted by Crippen LogP contribution is -1.99. The molecule has 0 aliphatic carbocycles. The van der Waals surface area contributed by atoms with Crippen LogP contribution in [0.3, 0.4) is 0 Å². The first-order valence-corrected chi connectivity index (χ1v) is 8.65. The van der Waals surface area contributed by atoms with Crippen molar-refractivity contribution in [2.45, 2.75) is 4.90 Å². The summed E-state index contributed by atoms with van der Waals surface area (Å²) >= 11 is 0. The molecular weight excluding hydrogens is 316 g/mol. The van der Waals surface area contributed by atoms with Gasteiger partial charge in [-0.05, 0) is 36.4 Å². The van der Waals surface area contributed by atoms with Crippen molar-refractivity contribution in [3.8, 4) is 28.7 Å². The molecule has 2 aromatic carbocycles. The monoisotopic (exact) mass is 330 g/mol. The molecule has 0 atom stereocenters. The van der Waals surface area contributed by atoms with Gasteiger partial charge in [-0.2, -0.15) is 0 Å². The van der Waals surface area contributed by atoms with Gasteiger partial charge in [-0.15, -0.1) is 10.2 Å². The Morgan fingerprint density at radius 3 is 2.26 bits per heavy atom. The normalized spacial score (nSPS) is 11.4. The number of rotatable bonds is 4. The molecule has 0 fully saturated rings. The maximum atomic E-state index is 11.9. The number of hydrogen-bond donors (Lipinski definition) is 0. The minimum Gasteiger partial charge on any atom is -0.497 e. The number of aromatic nitrogens is 2. The Kier molecular flexibility index (Phi) is 3.87. The molecule has 3 aromatic rings. The summed E-state index contributed by atoms with van der Waals surface area (Å²) in [5, 5.41) is 7.96. The molecule has 0 unspecified atom stereocenters. The average Bonchev–Trinajstić information content (AvgIpc) is 3.04. The fraction of sp³-hybridized carbons (Fsp3) is 0.125. The van der Waals surface area contributed by atoms with Crippen molar-refractivity contribution in [1.29, 1.82) is 0 Å². The highest BCUT2D eigenvalue weighted by Gasteiger charge is 2.19. The molecule has 23 heavy (non-hydrogen) atoms. The molecule has 0 bridgehead atoms. The highest BCUT2D eigenvalue weighted by molar-refractivity contribution is 7.90. The number of nitrogens with zero attached hydrogens (tertiary/aromatic N) is 2. The number of sulfone groups is 1. The summed E-state index contributed by atoms with van der Waals surface area (Å²) in [6.07, 6.45) is 1.15. The van der Waals surface area contributed by atoms with E-state index in [1.54, 1.807) is 49.6 Å². The molecule has 1 heterocycles. The molecule has 3 rings (SSSR count). The van der Waals surface area contributed by atoms with Gasteiger partial charge in [0, 0.05) is 11.8 Å². The molecule has 0 aliphatic rings. The van der Waals surface area contributed by atoms with E-state index in [-0.39, 0.29) is 10.8 Å². The van der Waals surface area contributed by atoms with Crippen molar-refractivity contribution in [2.75, 3.05) is 13.4 Å². The van der Waals surface area contributed by atoms with Gasteiger partial charge in [-0.3, -0.25) is 0 Å². The number of benzene rings is 2. The molecule has 0 N–H and O–H groups in total. The molecule has 1 aromatic heterocycles. The van der Waals surface area contributed by atoms with Crippen molar-refractivity contribution < 1.29 is 17.6 Å². The third-order valence-electron chi connectivity index (χ3n) is 3.28. The zero-order valence-corrected chi connectivity index (χ0v) is 13.4. The maximum Gasteiger partial charge on any atom is 0.249 e. The van der Waals surface area contributed by atoms with E-state index in [0.717, 1.165) is 17.6 Å². The van der Waals surface area contributed by atoms with Crippen LogP contribution in [0.5, 0.6) is 5.75 Å². The zero-order chi connectivity index (χ0) is 16.4. The molecule has 0 spiro atoms. The van der Waals surface area contributed by atoms with Gasteiger partial charge in [0.2, 0.25) is 11.8 Å². The molecule has 0 amide bonds. The molecule has 6 nitrogen and oxygen atoms in total. The summed E-state index contributed by atoms with van der Waals surface area (Å²) in [6, 6.07) is 13.7. The second kappa shape index (κ2) is 5.85. The van der Waals surface area contributed by atoms with Gasteiger partial charge in [0.1, 0.15) is 5.75 Å². The standard InChI is InChI=1S/C16H14N2O4S/c1-21-12-9-7-11(8-10-12)15-17-18-16(22-15)13-5-3-4-6-14(13)23(2,19)20/h3-10H,1-2H3. The van der Waals surface area contributed by atoms with Crippen molar-refractivity contribution in [2.24, 2.45) is 0 Å². The topological polar surface area (TPSA) is 82.3 Å². The van der Waals surface area contributed by atoms with Gasteiger partial charge in [-0.25, -0.2) is 8.42 Å². The second-order valence-electron chi connectivity index (χ2n) is 4.91. The van der Waals surface area contributed by atoms with E-state index in [1.165, 1.54) is 6.07 Å². The number of hydrogen-bond acceptors (Lipinski definition) is 6. The lowest BCUT2D eigenvalue weighted by atomic mass is 10.2. The van der Waals surface area contributed by atoms with Crippen LogP contribution >= 0.6 is 0 Å². The highest BCUT2D eigenvalue weighted by Crippen LogP contribution is 2.29. The van der Waals surface area contributed by atoms with Crippen LogP contribution in [0.2, 0.25) is 0 Å². The Morgan fingerprint density at radius 1 is 0.957 bits per heavy atom. The first-order valence-electron chi connectivity index (χ1n) is 6.76. The fourth-order valence-corrected chi connectivity index (χ4v) is 3.03. The van der Waals surface area contributed by atoms with Gasteiger partial charge < -0.3 is 9.15 Å². The summed E-state index contributed by atoms with van der Waals surface area (Å²) in [4.78, 5) is 0.157. The Bertz CT molecular complexity index is 931. The SMILES string of the molecule is COc1ccc(-c2nnc(-c3ccccc3S(C)(=O)=O)o2)cc1. The van der Waals surface area contributed by atoms with Gasteiger partial charge in [0.05, 0.1) is 17.6 Å². The van der Waals surface area contributed by atoms with Crippen LogP contribution in [0.4, 0.5) is 0 Å². The summed E-state index contributed by atoms with van der Waals surface area (Å²) in [5.74, 6) is 1.19. The lowest BCUT2D eigenvalue weighted by Gasteiger charge is -2.03. The van der Waals surface area contributed by atoms with Crippen molar-refractivity contribution in [3.63, 3.8) is 0 Å². The van der Waals surface area contributed by atoms with Gasteiger partial charge in [-0.1, -0.05) is 12.1 Å². The van der Waals surface area contributed by atoms with E-state index in [2.05, 4.69) is 10.2 Å². The lowest BCUT2D eigenvalue weighted by molar-refractivity contribution is 0.415. The maximum absolute atomic E-state index is 11.9. The zero-order valence-electron chi connectivity index (χ0n) is 12.6. The Balaban J connectivity index is 2.03. The third kappa shape index (κ3) is 3.09. The van der Waals surface area contributed by atoms with E-state index >= 15 is 0 Å². The summed E-state index contributed by atoms with van der Waals surface area (Å²) in [6.45, 7) is 0. The van der Waals surface area contributed by atoms with Gasteiger partial charge in [0.25, 0.3) is 0 Å². The second-order valence-corrected chi connectivity index (χ2v) is 6.89. The number of ether oxygens (including phenoxy) is 1. The third-order valence-corrected chi connectivity index (χ3v) is 4.43. The largest absolute Gasteiger partial charge is 0.497 e. The van der Waals surface area contributed by atoms with Crippen LogP contribution in [-0.2, 0) is 9.84 Å². The molecule has 0 radical (unpaired) electrons. The Hall–Kier alpha value is -2.67. The average molecular weight is 330 g/mol. The van der Waals surface area contributed by atoms with Crippen LogP contribution in [0.25, 0.3) is 22.9 Å². The molecule has 7 heteroatoms. The minimum atomic E-state index is -3.39. The molecule has 0 saturated carbocycles. The number of methoxy groups -OCH3 is 1. The van der Waals surface area contributed by atoms with Crippen LogP contribution in [0.1, 0.15) is 0 Å². The first-order chi connectivity index (χ1) is 11.0. The van der Waals surface area contributed by atoms with Crippen LogP contribution in [0, 0.1) is 0 Å². The minimum absolute atomic E-state index is 0.157. The highest BCUT2D eigenvalue weighted by atomic mass is 32.2. The molecule has 118 valence electrons. The first kappa shape index (κ1) is 15.2. The summed E-state index contributed by atoms with van der Waals surface area (Å²) in [5.41, 5.74) is 1.11. The van der Waals surface area contributed by atoms with E-state index in [4.69, 9.17) is 9.15 Å². The van der Waals surface area contributed by atoms with Gasteiger partial charge in [0.15, 0.2) is 9.84 Å². The smallest absolute Gasteiger partial charge is 0.249 e. The van der Waals surface area contributed by atoms with E-state index in [0.29, 0.717) is 11.5 Å². The van der Waals surface area contributed by atoms with Crippen LogP contribution in [0.15, 0.2) is 57.8 Å². The van der Waals surface area contributed by atoms with Crippen molar-refractivity contribution in [1.82, 2.24) is 10.2 Å². The van der Waals surface area contributed by atoms with Crippen molar-refractivity contribution in [3.05, 3.63) is 48.5 Å².